The van der Waals surface area contributed by atoms with Crippen molar-refractivity contribution >= 4 is 21.6 Å². The zero-order valence-corrected chi connectivity index (χ0v) is 17.2. The van der Waals surface area contributed by atoms with Gasteiger partial charge < -0.3 is 8.92 Å². The maximum Gasteiger partial charge on any atom is 0.417 e. The summed E-state index contributed by atoms with van der Waals surface area (Å²) in [5, 5.41) is 9.70. The van der Waals surface area contributed by atoms with Crippen molar-refractivity contribution in [3.05, 3.63) is 65.2 Å². The first-order chi connectivity index (χ1) is 14.0. The molecule has 0 fully saturated rings. The van der Waals surface area contributed by atoms with E-state index >= 15 is 0 Å². The lowest BCUT2D eigenvalue weighted by Crippen LogP contribution is -2.25. The molecule has 0 bridgehead atoms. The first-order valence-corrected chi connectivity index (χ1v) is 10.0. The SMILES string of the molecule is CCOc1ccc(C(C#N)=C(OS(=O)(=O)N(C)C)c2ccccc2C(F)(F)F)cc1. The van der Waals surface area contributed by atoms with Crippen LogP contribution in [0.25, 0.3) is 11.3 Å². The standard InChI is InChI=1S/C20H19F3N2O4S/c1-4-28-15-11-9-14(10-12-15)17(13-24)19(29-30(26,27)25(2)3)16-7-5-6-8-18(16)20(21,22)23/h5-12H,4H2,1-3H3. The third kappa shape index (κ3) is 5.31. The van der Waals surface area contributed by atoms with E-state index in [1.165, 1.54) is 30.3 Å². The summed E-state index contributed by atoms with van der Waals surface area (Å²) in [6.45, 7) is 2.18. The Labute approximate surface area is 173 Å². The number of halogens is 3. The van der Waals surface area contributed by atoms with Crippen molar-refractivity contribution in [2.75, 3.05) is 20.7 Å². The second kappa shape index (κ2) is 9.19. The van der Waals surface area contributed by atoms with Gasteiger partial charge >= 0.3 is 16.5 Å². The minimum atomic E-state index is -4.80. The fourth-order valence-corrected chi connectivity index (χ4v) is 2.99. The van der Waals surface area contributed by atoms with E-state index < -0.39 is 33.4 Å². The van der Waals surface area contributed by atoms with E-state index in [1.807, 2.05) is 0 Å². The Hall–Kier alpha value is -3.03. The van der Waals surface area contributed by atoms with Crippen LogP contribution >= 0.6 is 0 Å². The largest absolute Gasteiger partial charge is 0.494 e. The first-order valence-electron chi connectivity index (χ1n) is 8.67. The zero-order valence-electron chi connectivity index (χ0n) is 16.4. The number of benzene rings is 2. The smallest absolute Gasteiger partial charge is 0.417 e. The third-order valence-corrected chi connectivity index (χ3v) is 5.18. The summed E-state index contributed by atoms with van der Waals surface area (Å²) < 4.78 is 76.4. The van der Waals surface area contributed by atoms with Crippen molar-refractivity contribution in [3.63, 3.8) is 0 Å². The van der Waals surface area contributed by atoms with Crippen molar-refractivity contribution in [3.8, 4) is 11.8 Å². The maximum atomic E-state index is 13.6. The van der Waals surface area contributed by atoms with Gasteiger partial charge in [-0.3, -0.25) is 0 Å². The van der Waals surface area contributed by atoms with E-state index in [0.717, 1.165) is 32.3 Å². The molecule has 0 radical (unpaired) electrons. The summed E-state index contributed by atoms with van der Waals surface area (Å²) in [7, 11) is -2.14. The van der Waals surface area contributed by atoms with E-state index in [0.29, 0.717) is 16.7 Å². The van der Waals surface area contributed by atoms with Gasteiger partial charge in [-0.25, -0.2) is 0 Å². The number of ether oxygens (including phenoxy) is 1. The van der Waals surface area contributed by atoms with Crippen molar-refractivity contribution in [2.24, 2.45) is 0 Å². The Morgan fingerprint density at radius 1 is 1.10 bits per heavy atom. The van der Waals surface area contributed by atoms with Gasteiger partial charge in [0.1, 0.15) is 17.4 Å². The number of alkyl halides is 3. The minimum Gasteiger partial charge on any atom is -0.494 e. The highest BCUT2D eigenvalue weighted by Gasteiger charge is 2.36. The molecule has 0 saturated heterocycles. The van der Waals surface area contributed by atoms with E-state index in [-0.39, 0.29) is 11.1 Å². The molecule has 0 aliphatic carbocycles. The molecule has 2 aromatic rings. The lowest BCUT2D eigenvalue weighted by atomic mass is 9.98. The quantitative estimate of drug-likeness (QED) is 0.364. The summed E-state index contributed by atoms with van der Waals surface area (Å²) in [5.74, 6) is -0.235. The van der Waals surface area contributed by atoms with Crippen LogP contribution in [0.2, 0.25) is 0 Å². The topological polar surface area (TPSA) is 79.6 Å². The van der Waals surface area contributed by atoms with E-state index in [2.05, 4.69) is 0 Å². The Morgan fingerprint density at radius 3 is 2.20 bits per heavy atom. The molecular weight excluding hydrogens is 421 g/mol. The molecule has 0 saturated carbocycles. The van der Waals surface area contributed by atoms with Gasteiger partial charge in [-0.1, -0.05) is 18.2 Å². The summed E-state index contributed by atoms with van der Waals surface area (Å²) in [6.07, 6.45) is -4.80. The fraction of sp³-hybridized carbons (Fsp3) is 0.250. The van der Waals surface area contributed by atoms with Crippen LogP contribution in [0.3, 0.4) is 0 Å². The predicted molar refractivity (Wildman–Crippen MR) is 105 cm³/mol. The van der Waals surface area contributed by atoms with Gasteiger partial charge in [0.25, 0.3) is 0 Å². The summed E-state index contributed by atoms with van der Waals surface area (Å²) in [5.41, 5.74) is -1.91. The maximum absolute atomic E-state index is 13.6. The highest BCUT2D eigenvalue weighted by molar-refractivity contribution is 7.84. The number of hydrogen-bond donors (Lipinski definition) is 0. The number of rotatable bonds is 7. The van der Waals surface area contributed by atoms with Crippen molar-refractivity contribution in [2.45, 2.75) is 13.1 Å². The van der Waals surface area contributed by atoms with Gasteiger partial charge in [-0.2, -0.15) is 31.2 Å². The molecule has 0 unspecified atom stereocenters. The monoisotopic (exact) mass is 440 g/mol. The Morgan fingerprint density at radius 2 is 1.70 bits per heavy atom. The molecular formula is C20H19F3N2O4S. The average molecular weight is 440 g/mol. The van der Waals surface area contributed by atoms with Crippen LogP contribution in [0, 0.1) is 11.3 Å². The lowest BCUT2D eigenvalue weighted by Gasteiger charge is -2.19. The molecule has 0 spiro atoms. The fourth-order valence-electron chi connectivity index (χ4n) is 2.46. The Bertz CT molecular complexity index is 1070. The van der Waals surface area contributed by atoms with Gasteiger partial charge in [-0.05, 0) is 42.8 Å². The molecule has 0 heterocycles. The summed E-state index contributed by atoms with van der Waals surface area (Å²) >= 11 is 0. The van der Waals surface area contributed by atoms with Gasteiger partial charge in [0.05, 0.1) is 12.2 Å². The minimum absolute atomic E-state index is 0.168. The molecule has 0 aromatic heterocycles. The summed E-state index contributed by atoms with van der Waals surface area (Å²) in [6, 6.07) is 12.0. The normalized spacial score (nSPS) is 12.9. The first kappa shape index (κ1) is 23.3. The third-order valence-electron chi connectivity index (χ3n) is 3.91. The zero-order chi connectivity index (χ0) is 22.5. The number of nitrogens with zero attached hydrogens (tertiary/aromatic N) is 2. The van der Waals surface area contributed by atoms with Crippen LogP contribution in [-0.4, -0.2) is 33.4 Å². The van der Waals surface area contributed by atoms with E-state index in [1.54, 1.807) is 13.0 Å². The highest BCUT2D eigenvalue weighted by atomic mass is 32.2. The molecule has 0 atom stereocenters. The number of nitriles is 1. The molecule has 2 rings (SSSR count). The molecule has 0 N–H and O–H groups in total. The van der Waals surface area contributed by atoms with Crippen LogP contribution in [0.1, 0.15) is 23.6 Å². The Balaban J connectivity index is 2.80. The Kier molecular flexibility index (Phi) is 7.12. The second-order valence-electron chi connectivity index (χ2n) is 6.14. The predicted octanol–water partition coefficient (Wildman–Crippen LogP) is 4.32. The van der Waals surface area contributed by atoms with Gasteiger partial charge in [0.15, 0.2) is 5.76 Å². The van der Waals surface area contributed by atoms with Crippen molar-refractivity contribution in [1.29, 1.82) is 5.26 Å². The molecule has 10 heteroatoms. The van der Waals surface area contributed by atoms with Crippen LogP contribution in [0.5, 0.6) is 5.75 Å². The highest BCUT2D eigenvalue weighted by Crippen LogP contribution is 2.38. The molecule has 30 heavy (non-hydrogen) atoms. The molecule has 160 valence electrons. The molecule has 0 aliphatic rings. The van der Waals surface area contributed by atoms with Crippen LogP contribution in [-0.2, 0) is 20.7 Å². The van der Waals surface area contributed by atoms with Crippen LogP contribution < -0.4 is 4.74 Å². The summed E-state index contributed by atoms with van der Waals surface area (Å²) in [4.78, 5) is 0. The molecule has 0 aliphatic heterocycles. The van der Waals surface area contributed by atoms with Gasteiger partial charge in [-0.15, -0.1) is 0 Å². The number of hydrogen-bond acceptors (Lipinski definition) is 5. The molecule has 0 amide bonds. The van der Waals surface area contributed by atoms with Crippen molar-refractivity contribution < 1.29 is 30.5 Å². The second-order valence-corrected chi connectivity index (χ2v) is 7.89. The molecule has 2 aromatic carbocycles. The van der Waals surface area contributed by atoms with E-state index in [9.17, 15) is 26.9 Å². The van der Waals surface area contributed by atoms with Crippen molar-refractivity contribution in [1.82, 2.24) is 4.31 Å². The lowest BCUT2D eigenvalue weighted by molar-refractivity contribution is -0.137. The van der Waals surface area contributed by atoms with Crippen LogP contribution in [0.4, 0.5) is 13.2 Å². The van der Waals surface area contributed by atoms with Gasteiger partial charge in [0.2, 0.25) is 0 Å². The number of allylic oxidation sites excluding steroid dienone is 1. The van der Waals surface area contributed by atoms with E-state index in [4.69, 9.17) is 8.92 Å². The van der Waals surface area contributed by atoms with Crippen LogP contribution in [0.15, 0.2) is 48.5 Å². The van der Waals surface area contributed by atoms with Gasteiger partial charge in [0, 0.05) is 19.7 Å². The average Bonchev–Trinajstić information content (AvgIpc) is 2.68. The molecule has 6 nitrogen and oxygen atoms in total.